The highest BCUT2D eigenvalue weighted by atomic mass is 35.5. The van der Waals surface area contributed by atoms with E-state index in [4.69, 9.17) is 11.6 Å². The summed E-state index contributed by atoms with van der Waals surface area (Å²) in [6.07, 6.45) is 0. The Morgan fingerprint density at radius 1 is 1.43 bits per heavy atom. The molecule has 0 fully saturated rings. The quantitative estimate of drug-likeness (QED) is 0.841. The number of hydrogen-bond donors (Lipinski definition) is 1. The SMILES string of the molecule is CCNCc1csc2cccc(Cl)c12. The Morgan fingerprint density at radius 2 is 2.29 bits per heavy atom. The highest BCUT2D eigenvalue weighted by molar-refractivity contribution is 7.17. The van der Waals surface area contributed by atoms with Gasteiger partial charge in [-0.1, -0.05) is 24.6 Å². The van der Waals surface area contributed by atoms with Gasteiger partial charge in [0.1, 0.15) is 0 Å². The molecule has 0 amide bonds. The first-order chi connectivity index (χ1) is 6.83. The third kappa shape index (κ3) is 1.78. The van der Waals surface area contributed by atoms with E-state index in [9.17, 15) is 0 Å². The topological polar surface area (TPSA) is 12.0 Å². The zero-order valence-electron chi connectivity index (χ0n) is 8.01. The minimum atomic E-state index is 0.858. The van der Waals surface area contributed by atoms with Crippen molar-refractivity contribution in [1.82, 2.24) is 5.32 Å². The van der Waals surface area contributed by atoms with Crippen molar-refractivity contribution in [3.8, 4) is 0 Å². The van der Waals surface area contributed by atoms with Crippen molar-refractivity contribution in [2.75, 3.05) is 6.54 Å². The fraction of sp³-hybridized carbons (Fsp3) is 0.273. The Balaban J connectivity index is 2.45. The summed E-state index contributed by atoms with van der Waals surface area (Å²) in [7, 11) is 0. The van der Waals surface area contributed by atoms with Crippen LogP contribution in [0.1, 0.15) is 12.5 Å². The molecule has 0 saturated carbocycles. The van der Waals surface area contributed by atoms with Crippen LogP contribution in [0.3, 0.4) is 0 Å². The summed E-state index contributed by atoms with van der Waals surface area (Å²) >= 11 is 7.92. The van der Waals surface area contributed by atoms with Gasteiger partial charge in [-0.05, 0) is 29.6 Å². The molecule has 0 bridgehead atoms. The van der Waals surface area contributed by atoms with E-state index in [1.807, 2.05) is 12.1 Å². The van der Waals surface area contributed by atoms with Crippen LogP contribution in [0.15, 0.2) is 23.6 Å². The fourth-order valence-corrected chi connectivity index (χ4v) is 2.84. The maximum atomic E-state index is 6.16. The van der Waals surface area contributed by atoms with E-state index in [0.29, 0.717) is 0 Å². The predicted octanol–water partition coefficient (Wildman–Crippen LogP) is 3.66. The molecule has 0 unspecified atom stereocenters. The Bertz CT molecular complexity index is 436. The number of fused-ring (bicyclic) bond motifs is 1. The highest BCUT2D eigenvalue weighted by Gasteiger charge is 2.06. The first kappa shape index (κ1) is 9.97. The third-order valence-electron chi connectivity index (χ3n) is 2.19. The Hall–Kier alpha value is -0.570. The van der Waals surface area contributed by atoms with Crippen molar-refractivity contribution in [3.05, 3.63) is 34.2 Å². The minimum absolute atomic E-state index is 0.858. The molecule has 1 N–H and O–H groups in total. The second-order valence-electron chi connectivity index (χ2n) is 3.15. The largest absolute Gasteiger partial charge is 0.313 e. The molecule has 2 aromatic rings. The lowest BCUT2D eigenvalue weighted by molar-refractivity contribution is 0.732. The van der Waals surface area contributed by atoms with Crippen LogP contribution in [-0.4, -0.2) is 6.54 Å². The molecule has 3 heteroatoms. The lowest BCUT2D eigenvalue weighted by atomic mass is 10.2. The molecular weight excluding hydrogens is 214 g/mol. The van der Waals surface area contributed by atoms with Crippen molar-refractivity contribution in [1.29, 1.82) is 0 Å². The van der Waals surface area contributed by atoms with E-state index in [1.165, 1.54) is 15.6 Å². The van der Waals surface area contributed by atoms with Crippen LogP contribution in [0, 0.1) is 0 Å². The molecular formula is C11H12ClNS. The maximum absolute atomic E-state index is 6.16. The van der Waals surface area contributed by atoms with Gasteiger partial charge in [0.15, 0.2) is 0 Å². The Labute approximate surface area is 92.7 Å². The van der Waals surface area contributed by atoms with Crippen molar-refractivity contribution in [2.24, 2.45) is 0 Å². The van der Waals surface area contributed by atoms with Crippen molar-refractivity contribution >= 4 is 33.0 Å². The lowest BCUT2D eigenvalue weighted by Gasteiger charge is -2.01. The van der Waals surface area contributed by atoms with Crippen molar-refractivity contribution in [2.45, 2.75) is 13.5 Å². The van der Waals surface area contributed by atoms with Crippen LogP contribution < -0.4 is 5.32 Å². The summed E-state index contributed by atoms with van der Waals surface area (Å²) in [6, 6.07) is 6.06. The summed E-state index contributed by atoms with van der Waals surface area (Å²) < 4.78 is 1.27. The number of hydrogen-bond acceptors (Lipinski definition) is 2. The van der Waals surface area contributed by atoms with E-state index in [-0.39, 0.29) is 0 Å². The predicted molar refractivity (Wildman–Crippen MR) is 64.2 cm³/mol. The van der Waals surface area contributed by atoms with E-state index >= 15 is 0 Å². The van der Waals surface area contributed by atoms with Crippen LogP contribution in [0.5, 0.6) is 0 Å². The normalized spacial score (nSPS) is 11.0. The number of rotatable bonds is 3. The standard InChI is InChI=1S/C11H12ClNS/c1-2-13-6-8-7-14-10-5-3-4-9(12)11(8)10/h3-5,7,13H,2,6H2,1H3. The van der Waals surface area contributed by atoms with E-state index in [1.54, 1.807) is 11.3 Å². The Morgan fingerprint density at radius 3 is 3.07 bits per heavy atom. The lowest BCUT2D eigenvalue weighted by Crippen LogP contribution is -2.11. The summed E-state index contributed by atoms with van der Waals surface area (Å²) in [5.41, 5.74) is 1.30. The molecule has 1 aromatic heterocycles. The van der Waals surface area contributed by atoms with Gasteiger partial charge < -0.3 is 5.32 Å². The first-order valence-electron chi connectivity index (χ1n) is 4.68. The zero-order valence-corrected chi connectivity index (χ0v) is 9.58. The van der Waals surface area contributed by atoms with Gasteiger partial charge >= 0.3 is 0 Å². The first-order valence-corrected chi connectivity index (χ1v) is 5.94. The molecule has 0 aliphatic heterocycles. The van der Waals surface area contributed by atoms with Crippen molar-refractivity contribution < 1.29 is 0 Å². The molecule has 0 spiro atoms. The van der Waals surface area contributed by atoms with Crippen LogP contribution in [0.25, 0.3) is 10.1 Å². The molecule has 1 heterocycles. The monoisotopic (exact) mass is 225 g/mol. The average molecular weight is 226 g/mol. The van der Waals surface area contributed by atoms with Gasteiger partial charge in [-0.3, -0.25) is 0 Å². The number of benzene rings is 1. The smallest absolute Gasteiger partial charge is 0.0496 e. The van der Waals surface area contributed by atoms with Gasteiger partial charge in [0.2, 0.25) is 0 Å². The van der Waals surface area contributed by atoms with Gasteiger partial charge in [0, 0.05) is 21.7 Å². The van der Waals surface area contributed by atoms with Crippen LogP contribution in [-0.2, 0) is 6.54 Å². The molecule has 14 heavy (non-hydrogen) atoms. The molecule has 0 saturated heterocycles. The molecule has 1 nitrogen and oxygen atoms in total. The van der Waals surface area contributed by atoms with Crippen LogP contribution in [0.4, 0.5) is 0 Å². The highest BCUT2D eigenvalue weighted by Crippen LogP contribution is 2.31. The average Bonchev–Trinajstić information content (AvgIpc) is 2.59. The molecule has 0 atom stereocenters. The van der Waals surface area contributed by atoms with Crippen molar-refractivity contribution in [3.63, 3.8) is 0 Å². The molecule has 74 valence electrons. The van der Waals surface area contributed by atoms with E-state index < -0.39 is 0 Å². The Kier molecular flexibility index (Phi) is 3.06. The molecule has 1 aromatic carbocycles. The number of thiophene rings is 1. The second-order valence-corrected chi connectivity index (χ2v) is 4.47. The van der Waals surface area contributed by atoms with E-state index in [0.717, 1.165) is 18.1 Å². The third-order valence-corrected chi connectivity index (χ3v) is 3.50. The van der Waals surface area contributed by atoms with Gasteiger partial charge in [-0.15, -0.1) is 11.3 Å². The zero-order chi connectivity index (χ0) is 9.97. The van der Waals surface area contributed by atoms with Crippen LogP contribution in [0.2, 0.25) is 5.02 Å². The van der Waals surface area contributed by atoms with E-state index in [2.05, 4.69) is 23.7 Å². The van der Waals surface area contributed by atoms with Gasteiger partial charge in [-0.2, -0.15) is 0 Å². The maximum Gasteiger partial charge on any atom is 0.0496 e. The second kappa shape index (κ2) is 4.30. The summed E-state index contributed by atoms with van der Waals surface area (Å²) in [4.78, 5) is 0. The number of halogens is 1. The molecule has 0 aliphatic carbocycles. The minimum Gasteiger partial charge on any atom is -0.313 e. The summed E-state index contributed by atoms with van der Waals surface area (Å²) in [6.45, 7) is 4.00. The van der Waals surface area contributed by atoms with Crippen LogP contribution >= 0.6 is 22.9 Å². The van der Waals surface area contributed by atoms with Gasteiger partial charge in [0.25, 0.3) is 0 Å². The molecule has 0 radical (unpaired) electrons. The van der Waals surface area contributed by atoms with Gasteiger partial charge in [0.05, 0.1) is 0 Å². The fourth-order valence-electron chi connectivity index (χ4n) is 1.50. The number of nitrogens with one attached hydrogen (secondary N) is 1. The van der Waals surface area contributed by atoms with Gasteiger partial charge in [-0.25, -0.2) is 0 Å². The molecule has 0 aliphatic rings. The summed E-state index contributed by atoms with van der Waals surface area (Å²) in [5, 5.41) is 7.56. The molecule has 2 rings (SSSR count). The summed E-state index contributed by atoms with van der Waals surface area (Å²) in [5.74, 6) is 0.